The third-order valence-electron chi connectivity index (χ3n) is 3.11. The highest BCUT2D eigenvalue weighted by atomic mass is 19.1. The van der Waals surface area contributed by atoms with E-state index in [-0.39, 0.29) is 11.9 Å². The Morgan fingerprint density at radius 3 is 2.30 bits per heavy atom. The molecule has 2 aromatic carbocycles. The quantitative estimate of drug-likeness (QED) is 0.878. The van der Waals surface area contributed by atoms with Crippen molar-refractivity contribution < 1.29 is 13.9 Å². The van der Waals surface area contributed by atoms with Gasteiger partial charge in [0.1, 0.15) is 23.9 Å². The minimum atomic E-state index is -0.231. The fraction of sp³-hybridized carbons (Fsp3) is 0.250. The molecule has 0 aliphatic heterocycles. The van der Waals surface area contributed by atoms with Gasteiger partial charge in [-0.1, -0.05) is 18.2 Å². The van der Waals surface area contributed by atoms with E-state index in [9.17, 15) is 4.39 Å². The molecule has 3 nitrogen and oxygen atoms in total. The number of benzene rings is 2. The van der Waals surface area contributed by atoms with Gasteiger partial charge in [-0.2, -0.15) is 0 Å². The Balaban J connectivity index is 2.02. The van der Waals surface area contributed by atoms with Crippen LogP contribution in [0.25, 0.3) is 0 Å². The summed E-state index contributed by atoms with van der Waals surface area (Å²) in [7, 11) is 3.40. The highest BCUT2D eigenvalue weighted by Gasteiger charge is 2.14. The van der Waals surface area contributed by atoms with E-state index in [1.54, 1.807) is 26.3 Å². The summed E-state index contributed by atoms with van der Waals surface area (Å²) in [6, 6.07) is 13.8. The third kappa shape index (κ3) is 3.48. The molecule has 0 saturated heterocycles. The molecule has 106 valence electrons. The van der Waals surface area contributed by atoms with Crippen LogP contribution in [0.2, 0.25) is 0 Å². The van der Waals surface area contributed by atoms with Crippen LogP contribution in [0.3, 0.4) is 0 Å². The van der Waals surface area contributed by atoms with Gasteiger partial charge in [0.2, 0.25) is 0 Å². The Morgan fingerprint density at radius 1 is 1.05 bits per heavy atom. The van der Waals surface area contributed by atoms with E-state index in [0.717, 1.165) is 11.5 Å². The molecule has 2 aromatic rings. The molecular weight excluding hydrogens is 257 g/mol. The number of hydrogen-bond donors (Lipinski definition) is 1. The lowest BCUT2D eigenvalue weighted by Gasteiger charge is -2.18. The summed E-state index contributed by atoms with van der Waals surface area (Å²) in [5.74, 6) is 1.27. The molecular formula is C16H18FNO2. The standard InChI is InChI=1S/C16H18FNO2/c1-18-16(14-5-3-4-6-15(14)17)11-20-13-9-7-12(19-2)8-10-13/h3-10,16,18H,11H2,1-2H3. The van der Waals surface area contributed by atoms with Gasteiger partial charge in [0.15, 0.2) is 0 Å². The maximum Gasteiger partial charge on any atom is 0.128 e. The first kappa shape index (κ1) is 14.3. The summed E-state index contributed by atoms with van der Waals surface area (Å²) in [6.45, 7) is 0.351. The molecule has 1 atom stereocenters. The van der Waals surface area contributed by atoms with Crippen molar-refractivity contribution in [3.8, 4) is 11.5 Å². The molecule has 20 heavy (non-hydrogen) atoms. The summed E-state index contributed by atoms with van der Waals surface area (Å²) in [4.78, 5) is 0. The minimum Gasteiger partial charge on any atom is -0.497 e. The predicted octanol–water partition coefficient (Wildman–Crippen LogP) is 3.17. The number of rotatable bonds is 6. The summed E-state index contributed by atoms with van der Waals surface area (Å²) < 4.78 is 24.5. The molecule has 0 bridgehead atoms. The van der Waals surface area contributed by atoms with E-state index in [0.29, 0.717) is 12.2 Å². The van der Waals surface area contributed by atoms with Gasteiger partial charge in [-0.15, -0.1) is 0 Å². The molecule has 0 heterocycles. The lowest BCUT2D eigenvalue weighted by molar-refractivity contribution is 0.269. The van der Waals surface area contributed by atoms with Crippen LogP contribution < -0.4 is 14.8 Å². The van der Waals surface area contributed by atoms with Crippen LogP contribution in [0.5, 0.6) is 11.5 Å². The van der Waals surface area contributed by atoms with Crippen LogP contribution in [0.1, 0.15) is 11.6 Å². The zero-order valence-electron chi connectivity index (χ0n) is 11.6. The molecule has 1 N–H and O–H groups in total. The van der Waals surface area contributed by atoms with Crippen molar-refractivity contribution in [2.75, 3.05) is 20.8 Å². The van der Waals surface area contributed by atoms with Gasteiger partial charge in [-0.05, 0) is 37.4 Å². The monoisotopic (exact) mass is 275 g/mol. The van der Waals surface area contributed by atoms with Gasteiger partial charge in [-0.25, -0.2) is 4.39 Å². The van der Waals surface area contributed by atoms with E-state index < -0.39 is 0 Å². The minimum absolute atomic E-state index is 0.196. The first-order valence-corrected chi connectivity index (χ1v) is 6.43. The average Bonchev–Trinajstić information content (AvgIpc) is 2.50. The van der Waals surface area contributed by atoms with Crippen molar-refractivity contribution in [1.82, 2.24) is 5.32 Å². The third-order valence-corrected chi connectivity index (χ3v) is 3.11. The molecule has 0 saturated carbocycles. The summed E-state index contributed by atoms with van der Waals surface area (Å²) in [6.07, 6.45) is 0. The molecule has 0 radical (unpaired) electrons. The van der Waals surface area contributed by atoms with Gasteiger partial charge in [0.25, 0.3) is 0 Å². The molecule has 1 unspecified atom stereocenters. The number of halogens is 1. The van der Waals surface area contributed by atoms with E-state index in [1.165, 1.54) is 6.07 Å². The second-order valence-electron chi connectivity index (χ2n) is 4.35. The van der Waals surface area contributed by atoms with Crippen molar-refractivity contribution in [2.24, 2.45) is 0 Å². The molecule has 0 aromatic heterocycles. The van der Waals surface area contributed by atoms with Crippen molar-refractivity contribution in [2.45, 2.75) is 6.04 Å². The summed E-state index contributed by atoms with van der Waals surface area (Å²) >= 11 is 0. The van der Waals surface area contributed by atoms with Crippen molar-refractivity contribution >= 4 is 0 Å². The van der Waals surface area contributed by atoms with Crippen molar-refractivity contribution in [1.29, 1.82) is 0 Å². The van der Waals surface area contributed by atoms with Crippen LogP contribution in [0.4, 0.5) is 4.39 Å². The molecule has 0 aliphatic carbocycles. The molecule has 0 aliphatic rings. The van der Waals surface area contributed by atoms with Crippen LogP contribution in [-0.2, 0) is 0 Å². The normalized spacial score (nSPS) is 11.9. The second-order valence-corrected chi connectivity index (χ2v) is 4.35. The van der Waals surface area contributed by atoms with E-state index in [2.05, 4.69) is 5.32 Å². The first-order valence-electron chi connectivity index (χ1n) is 6.43. The maximum atomic E-state index is 13.7. The fourth-order valence-corrected chi connectivity index (χ4v) is 1.94. The number of ether oxygens (including phenoxy) is 2. The number of nitrogens with one attached hydrogen (secondary N) is 1. The Morgan fingerprint density at radius 2 is 1.70 bits per heavy atom. The maximum absolute atomic E-state index is 13.7. The smallest absolute Gasteiger partial charge is 0.128 e. The lowest BCUT2D eigenvalue weighted by atomic mass is 10.1. The Hall–Kier alpha value is -2.07. The molecule has 0 fully saturated rings. The van der Waals surface area contributed by atoms with Gasteiger partial charge in [0.05, 0.1) is 13.2 Å². The lowest BCUT2D eigenvalue weighted by Crippen LogP contribution is -2.24. The second kappa shape index (κ2) is 6.91. The Kier molecular flexibility index (Phi) is 4.96. The largest absolute Gasteiger partial charge is 0.497 e. The number of likely N-dealkylation sites (N-methyl/N-ethyl adjacent to an activating group) is 1. The van der Waals surface area contributed by atoms with Gasteiger partial charge >= 0.3 is 0 Å². The number of methoxy groups -OCH3 is 1. The van der Waals surface area contributed by atoms with Gasteiger partial charge < -0.3 is 14.8 Å². The van der Waals surface area contributed by atoms with Crippen LogP contribution in [0, 0.1) is 5.82 Å². The first-order chi connectivity index (χ1) is 9.74. The molecule has 2 rings (SSSR count). The summed E-state index contributed by atoms with van der Waals surface area (Å²) in [5.41, 5.74) is 0.600. The highest BCUT2D eigenvalue weighted by Crippen LogP contribution is 2.20. The van der Waals surface area contributed by atoms with Gasteiger partial charge in [0, 0.05) is 5.56 Å². The SMILES string of the molecule is CNC(COc1ccc(OC)cc1)c1ccccc1F. The van der Waals surface area contributed by atoms with Crippen molar-refractivity contribution in [3.63, 3.8) is 0 Å². The average molecular weight is 275 g/mol. The van der Waals surface area contributed by atoms with Crippen molar-refractivity contribution in [3.05, 3.63) is 59.9 Å². The van der Waals surface area contributed by atoms with Crippen LogP contribution >= 0.6 is 0 Å². The Labute approximate surface area is 118 Å². The van der Waals surface area contributed by atoms with E-state index in [4.69, 9.17) is 9.47 Å². The molecule has 4 heteroatoms. The number of hydrogen-bond acceptors (Lipinski definition) is 3. The molecule has 0 amide bonds. The van der Waals surface area contributed by atoms with E-state index >= 15 is 0 Å². The topological polar surface area (TPSA) is 30.5 Å². The Bertz CT molecular complexity index is 542. The summed E-state index contributed by atoms with van der Waals surface area (Å²) in [5, 5.41) is 3.06. The molecule has 0 spiro atoms. The highest BCUT2D eigenvalue weighted by molar-refractivity contribution is 5.31. The van der Waals surface area contributed by atoms with Gasteiger partial charge in [-0.3, -0.25) is 0 Å². The fourth-order valence-electron chi connectivity index (χ4n) is 1.94. The van der Waals surface area contributed by atoms with E-state index in [1.807, 2.05) is 30.3 Å². The van der Waals surface area contributed by atoms with Crippen LogP contribution in [-0.4, -0.2) is 20.8 Å². The van der Waals surface area contributed by atoms with Crippen LogP contribution in [0.15, 0.2) is 48.5 Å². The zero-order chi connectivity index (χ0) is 14.4. The predicted molar refractivity (Wildman–Crippen MR) is 76.7 cm³/mol. The zero-order valence-corrected chi connectivity index (χ0v) is 11.6.